The first-order chi connectivity index (χ1) is 19.2. The van der Waals surface area contributed by atoms with E-state index < -0.39 is 53.5 Å². The number of carbonyl (C=O) groups excluding carboxylic acids is 2. The van der Waals surface area contributed by atoms with Gasteiger partial charge in [0.25, 0.3) is 0 Å². The van der Waals surface area contributed by atoms with E-state index in [4.69, 9.17) is 4.74 Å². The van der Waals surface area contributed by atoms with E-state index in [2.05, 4.69) is 0 Å². The number of Topliss-reactive ketones (excluding diaryl/α,β-unsaturated/α-hetero) is 1. The molecular weight excluding hydrogens is 555 g/mol. The van der Waals surface area contributed by atoms with Gasteiger partial charge in [-0.2, -0.15) is 26.3 Å². The van der Waals surface area contributed by atoms with E-state index in [0.29, 0.717) is 30.5 Å². The van der Waals surface area contributed by atoms with Crippen molar-refractivity contribution in [1.29, 1.82) is 0 Å². The lowest BCUT2D eigenvalue weighted by Crippen LogP contribution is -2.40. The molecule has 0 aromatic heterocycles. The number of ketones is 1. The summed E-state index contributed by atoms with van der Waals surface area (Å²) in [7, 11) is 0. The van der Waals surface area contributed by atoms with E-state index in [-0.39, 0.29) is 42.7 Å². The maximum atomic E-state index is 13.8. The first kappa shape index (κ1) is 29.0. The number of amides is 1. The van der Waals surface area contributed by atoms with Gasteiger partial charge in [0.15, 0.2) is 0 Å². The highest BCUT2D eigenvalue weighted by Gasteiger charge is 2.47. The zero-order valence-electron chi connectivity index (χ0n) is 21.9. The highest BCUT2D eigenvalue weighted by atomic mass is 19.4. The predicted molar refractivity (Wildman–Crippen MR) is 134 cm³/mol. The normalized spacial score (nSPS) is 24.2. The summed E-state index contributed by atoms with van der Waals surface area (Å²) in [5.41, 5.74) is -0.921. The van der Waals surface area contributed by atoms with Crippen molar-refractivity contribution in [2.24, 2.45) is 0 Å². The molecule has 2 aliphatic heterocycles. The van der Waals surface area contributed by atoms with Crippen LogP contribution in [0.1, 0.15) is 66.9 Å². The summed E-state index contributed by atoms with van der Waals surface area (Å²) in [6.07, 6.45) is -7.06. The molecule has 5 rings (SSSR count). The Hall–Kier alpha value is -3.47. The number of hydrogen-bond acceptors (Lipinski definition) is 3. The zero-order chi connectivity index (χ0) is 29.7. The fourth-order valence-electron chi connectivity index (χ4n) is 5.84. The highest BCUT2D eigenvalue weighted by Crippen LogP contribution is 2.44. The standard InChI is InChI=1S/C30H26F7NO3/c1-16(19-10-21(29(32,33)34)14-22(11-19)30(35,36)37)41-26-15-38-25(28(26)18-2-6-23(31)7-3-18)12-20(13-27(38)40)17-4-8-24(39)9-5-17/h2-4,6-7,10-12,14,16,25-26,28H,5,8-9,13,15H2,1H3/t16-,25?,26?,28+/m1/s1. The lowest BCUT2D eigenvalue weighted by molar-refractivity contribution is -0.143. The van der Waals surface area contributed by atoms with E-state index >= 15 is 0 Å². The molecule has 11 heteroatoms. The molecule has 0 saturated carbocycles. The minimum atomic E-state index is -5.01. The number of halogens is 7. The topological polar surface area (TPSA) is 46.6 Å². The Morgan fingerprint density at radius 1 is 0.902 bits per heavy atom. The lowest BCUT2D eigenvalue weighted by atomic mass is 9.83. The van der Waals surface area contributed by atoms with Crippen molar-refractivity contribution in [2.75, 3.05) is 6.54 Å². The Bertz CT molecular complexity index is 1380. The van der Waals surface area contributed by atoms with Crippen LogP contribution in [-0.2, 0) is 26.7 Å². The second-order valence-corrected chi connectivity index (χ2v) is 10.6. The van der Waals surface area contributed by atoms with Gasteiger partial charge >= 0.3 is 12.4 Å². The molecule has 2 aromatic rings. The molecule has 0 spiro atoms. The number of benzene rings is 2. The van der Waals surface area contributed by atoms with Gasteiger partial charge < -0.3 is 9.64 Å². The van der Waals surface area contributed by atoms with Crippen LogP contribution in [0.4, 0.5) is 30.7 Å². The van der Waals surface area contributed by atoms with Gasteiger partial charge in [-0.3, -0.25) is 9.59 Å². The minimum absolute atomic E-state index is 0.0439. The van der Waals surface area contributed by atoms with Gasteiger partial charge in [0.05, 0.1) is 35.8 Å². The average Bonchev–Trinajstić information content (AvgIpc) is 3.26. The number of fused-ring (bicyclic) bond motifs is 1. The number of hydrogen-bond donors (Lipinski definition) is 0. The van der Waals surface area contributed by atoms with E-state index in [1.54, 1.807) is 4.90 Å². The molecule has 0 bridgehead atoms. The second-order valence-electron chi connectivity index (χ2n) is 10.6. The van der Waals surface area contributed by atoms with Gasteiger partial charge in [-0.05, 0) is 65.9 Å². The van der Waals surface area contributed by atoms with E-state index in [1.165, 1.54) is 31.2 Å². The molecule has 41 heavy (non-hydrogen) atoms. The Morgan fingerprint density at radius 3 is 2.10 bits per heavy atom. The minimum Gasteiger partial charge on any atom is -0.368 e. The van der Waals surface area contributed by atoms with Crippen molar-refractivity contribution in [3.05, 3.63) is 93.8 Å². The average molecular weight is 582 g/mol. The first-order valence-electron chi connectivity index (χ1n) is 13.1. The van der Waals surface area contributed by atoms with Crippen LogP contribution >= 0.6 is 0 Å². The van der Waals surface area contributed by atoms with Crippen molar-refractivity contribution >= 4 is 11.7 Å². The Labute approximate surface area is 231 Å². The van der Waals surface area contributed by atoms with Gasteiger partial charge in [-0.15, -0.1) is 0 Å². The Balaban J connectivity index is 1.51. The summed E-state index contributed by atoms with van der Waals surface area (Å²) < 4.78 is 101. The van der Waals surface area contributed by atoms with Crippen LogP contribution < -0.4 is 0 Å². The van der Waals surface area contributed by atoms with Crippen LogP contribution in [-0.4, -0.2) is 35.3 Å². The molecule has 2 heterocycles. The largest absolute Gasteiger partial charge is 0.416 e. The summed E-state index contributed by atoms with van der Waals surface area (Å²) in [6.45, 7) is 1.41. The monoisotopic (exact) mass is 581 g/mol. The molecule has 2 aromatic carbocycles. The maximum Gasteiger partial charge on any atom is 0.416 e. The smallest absolute Gasteiger partial charge is 0.368 e. The zero-order valence-corrected chi connectivity index (χ0v) is 21.9. The molecule has 2 unspecified atom stereocenters. The Morgan fingerprint density at radius 2 is 1.54 bits per heavy atom. The molecule has 0 N–H and O–H groups in total. The van der Waals surface area contributed by atoms with Crippen LogP contribution in [0.25, 0.3) is 0 Å². The fourth-order valence-corrected chi connectivity index (χ4v) is 5.84. The van der Waals surface area contributed by atoms with Crippen molar-refractivity contribution in [3.63, 3.8) is 0 Å². The van der Waals surface area contributed by atoms with Crippen LogP contribution in [0, 0.1) is 5.82 Å². The third-order valence-electron chi connectivity index (χ3n) is 7.91. The number of ether oxygens (including phenoxy) is 1. The Kier molecular flexibility index (Phi) is 7.61. The van der Waals surface area contributed by atoms with Crippen LogP contribution in [0.2, 0.25) is 0 Å². The molecular formula is C30H26F7NO3. The SMILES string of the molecule is C[C@@H](OC1CN2C(=O)CC(C3=CCC(=O)CC3)=CC2[C@@H]1c1ccc(F)cc1)c1cc(C(F)(F)F)cc(C(F)(F)F)c1. The van der Waals surface area contributed by atoms with Crippen LogP contribution in [0.3, 0.4) is 0 Å². The van der Waals surface area contributed by atoms with Gasteiger partial charge in [-0.1, -0.05) is 24.3 Å². The molecule has 0 radical (unpaired) electrons. The third-order valence-corrected chi connectivity index (χ3v) is 7.91. The quantitative estimate of drug-likeness (QED) is 0.348. The predicted octanol–water partition coefficient (Wildman–Crippen LogP) is 7.31. The van der Waals surface area contributed by atoms with Crippen molar-refractivity contribution in [2.45, 2.75) is 69.1 Å². The molecule has 4 nitrogen and oxygen atoms in total. The molecule has 1 amide bonds. The summed E-state index contributed by atoms with van der Waals surface area (Å²) in [6, 6.07) is 6.33. The number of alkyl halides is 6. The molecule has 1 aliphatic carbocycles. The first-order valence-corrected chi connectivity index (χ1v) is 13.1. The van der Waals surface area contributed by atoms with Crippen molar-refractivity contribution < 1.29 is 45.1 Å². The van der Waals surface area contributed by atoms with Crippen LogP contribution in [0.5, 0.6) is 0 Å². The van der Waals surface area contributed by atoms with Crippen molar-refractivity contribution in [1.82, 2.24) is 4.90 Å². The molecule has 3 aliphatic rings. The fraction of sp³-hybridized carbons (Fsp3) is 0.400. The summed E-state index contributed by atoms with van der Waals surface area (Å²) in [4.78, 5) is 26.5. The van der Waals surface area contributed by atoms with E-state index in [1.807, 2.05) is 12.2 Å². The van der Waals surface area contributed by atoms with Crippen LogP contribution in [0.15, 0.2) is 65.8 Å². The van der Waals surface area contributed by atoms with Crippen molar-refractivity contribution in [3.8, 4) is 0 Å². The summed E-state index contributed by atoms with van der Waals surface area (Å²) >= 11 is 0. The number of allylic oxidation sites excluding steroid dienone is 2. The summed E-state index contributed by atoms with van der Waals surface area (Å²) in [5.74, 6) is -1.18. The molecule has 218 valence electrons. The van der Waals surface area contributed by atoms with Gasteiger partial charge in [0.1, 0.15) is 11.6 Å². The maximum absolute atomic E-state index is 13.8. The molecule has 1 saturated heterocycles. The van der Waals surface area contributed by atoms with Gasteiger partial charge in [0, 0.05) is 25.3 Å². The van der Waals surface area contributed by atoms with E-state index in [9.17, 15) is 40.3 Å². The van der Waals surface area contributed by atoms with E-state index in [0.717, 1.165) is 11.1 Å². The number of carbonyl (C=O) groups is 2. The number of rotatable bonds is 5. The molecule has 1 fully saturated rings. The highest BCUT2D eigenvalue weighted by molar-refractivity contribution is 5.85. The number of nitrogens with zero attached hydrogens (tertiary/aromatic N) is 1. The molecule has 4 atom stereocenters. The van der Waals surface area contributed by atoms with Gasteiger partial charge in [-0.25, -0.2) is 4.39 Å². The third kappa shape index (κ3) is 6.10. The second kappa shape index (κ2) is 10.7. The lowest BCUT2D eigenvalue weighted by Gasteiger charge is -2.32. The van der Waals surface area contributed by atoms with Gasteiger partial charge in [0.2, 0.25) is 5.91 Å². The summed E-state index contributed by atoms with van der Waals surface area (Å²) in [5, 5.41) is 0.